The quantitative estimate of drug-likeness (QED) is 0.486. The molecule has 0 radical (unpaired) electrons. The molecule has 0 bridgehead atoms. The van der Waals surface area contributed by atoms with Crippen molar-refractivity contribution >= 4 is 6.72 Å². The fourth-order valence-corrected chi connectivity index (χ4v) is 0.690. The van der Waals surface area contributed by atoms with Crippen molar-refractivity contribution < 1.29 is 5.11 Å². The number of hydrogen-bond donors (Lipinski definition) is 1. The van der Waals surface area contributed by atoms with Gasteiger partial charge in [-0.25, -0.2) is 0 Å². The highest BCUT2D eigenvalue weighted by atomic mass is 16.3. The summed E-state index contributed by atoms with van der Waals surface area (Å²) in [4.78, 5) is 5.21. The van der Waals surface area contributed by atoms with Crippen molar-refractivity contribution in [3.8, 4) is 0 Å². The van der Waals surface area contributed by atoms with E-state index in [1.165, 1.54) is 6.20 Å². The van der Waals surface area contributed by atoms with E-state index in [1.54, 1.807) is 4.90 Å². The third kappa shape index (κ3) is 4.42. The maximum absolute atomic E-state index is 9.20. The Morgan fingerprint density at radius 3 is 2.82 bits per heavy atom. The molecule has 0 aliphatic rings. The molecule has 0 amide bonds. The Hall–Kier alpha value is -0.990. The summed E-state index contributed by atoms with van der Waals surface area (Å²) in [7, 11) is 1.83. The molecule has 0 aromatic heterocycles. The summed E-state index contributed by atoms with van der Waals surface area (Å²) in [6, 6.07) is 0. The van der Waals surface area contributed by atoms with E-state index in [9.17, 15) is 5.11 Å². The number of aliphatic imine (C=N–C) groups is 1. The van der Waals surface area contributed by atoms with Crippen LogP contribution in [0.2, 0.25) is 0 Å². The maximum atomic E-state index is 9.20. The van der Waals surface area contributed by atoms with Crippen molar-refractivity contribution in [2.45, 2.75) is 19.8 Å². The van der Waals surface area contributed by atoms with Gasteiger partial charge in [0, 0.05) is 13.6 Å². The van der Waals surface area contributed by atoms with E-state index in [0.29, 0.717) is 0 Å². The molecule has 0 saturated heterocycles. The van der Waals surface area contributed by atoms with Crippen LogP contribution in [0.15, 0.2) is 17.1 Å². The van der Waals surface area contributed by atoms with E-state index >= 15 is 0 Å². The predicted molar refractivity (Wildman–Crippen MR) is 47.8 cm³/mol. The first-order chi connectivity index (χ1) is 5.22. The standard InChI is InChI=1S/C8H16N2O/c1-4-5-6-10(3)8(11)7-9-2/h7,11H,2,4-6H2,1,3H3/b8-7+. The molecule has 0 unspecified atom stereocenters. The average molecular weight is 156 g/mol. The lowest BCUT2D eigenvalue weighted by Crippen LogP contribution is -2.18. The Balaban J connectivity index is 3.72. The lowest BCUT2D eigenvalue weighted by atomic mass is 10.3. The minimum atomic E-state index is 0.174. The molecule has 0 heterocycles. The fraction of sp³-hybridized carbons (Fsp3) is 0.625. The number of unbranched alkanes of at least 4 members (excludes halogenated alkanes) is 1. The molecular weight excluding hydrogens is 140 g/mol. The Kier molecular flexibility index (Phi) is 5.25. The van der Waals surface area contributed by atoms with Gasteiger partial charge < -0.3 is 10.0 Å². The molecule has 3 heteroatoms. The summed E-state index contributed by atoms with van der Waals surface area (Å²) in [5, 5.41) is 9.20. The van der Waals surface area contributed by atoms with Crippen LogP contribution in [-0.2, 0) is 0 Å². The third-order valence-corrected chi connectivity index (χ3v) is 1.44. The molecule has 11 heavy (non-hydrogen) atoms. The van der Waals surface area contributed by atoms with Crippen LogP contribution >= 0.6 is 0 Å². The van der Waals surface area contributed by atoms with E-state index in [1.807, 2.05) is 7.05 Å². The predicted octanol–water partition coefficient (Wildman–Crippen LogP) is 1.78. The Bertz CT molecular complexity index is 143. The lowest BCUT2D eigenvalue weighted by molar-refractivity contribution is 0.229. The molecule has 0 saturated carbocycles. The van der Waals surface area contributed by atoms with Gasteiger partial charge in [-0.3, -0.25) is 4.99 Å². The molecular formula is C8H16N2O. The van der Waals surface area contributed by atoms with Gasteiger partial charge in [-0.05, 0) is 13.1 Å². The van der Waals surface area contributed by atoms with Crippen LogP contribution in [-0.4, -0.2) is 30.3 Å². The van der Waals surface area contributed by atoms with Crippen molar-refractivity contribution in [1.29, 1.82) is 0 Å². The first-order valence-corrected chi connectivity index (χ1v) is 3.78. The van der Waals surface area contributed by atoms with Crippen LogP contribution in [0.4, 0.5) is 0 Å². The second-order valence-corrected chi connectivity index (χ2v) is 2.44. The summed E-state index contributed by atoms with van der Waals surface area (Å²) in [6.45, 7) is 6.22. The second kappa shape index (κ2) is 5.77. The molecule has 0 atom stereocenters. The van der Waals surface area contributed by atoms with Gasteiger partial charge in [-0.15, -0.1) is 0 Å². The van der Waals surface area contributed by atoms with E-state index in [2.05, 4.69) is 18.6 Å². The highest BCUT2D eigenvalue weighted by molar-refractivity contribution is 5.25. The van der Waals surface area contributed by atoms with Gasteiger partial charge in [-0.2, -0.15) is 0 Å². The zero-order chi connectivity index (χ0) is 8.69. The smallest absolute Gasteiger partial charge is 0.205 e. The Morgan fingerprint density at radius 1 is 1.73 bits per heavy atom. The van der Waals surface area contributed by atoms with Crippen molar-refractivity contribution in [1.82, 2.24) is 4.90 Å². The largest absolute Gasteiger partial charge is 0.494 e. The molecule has 1 N–H and O–H groups in total. The Morgan fingerprint density at radius 2 is 2.36 bits per heavy atom. The first kappa shape index (κ1) is 10.0. The van der Waals surface area contributed by atoms with Gasteiger partial charge in [0.2, 0.25) is 5.88 Å². The summed E-state index contributed by atoms with van der Waals surface area (Å²) >= 11 is 0. The van der Waals surface area contributed by atoms with Crippen LogP contribution in [0.25, 0.3) is 0 Å². The third-order valence-electron chi connectivity index (χ3n) is 1.44. The van der Waals surface area contributed by atoms with Crippen LogP contribution in [0, 0.1) is 0 Å². The van der Waals surface area contributed by atoms with Crippen LogP contribution < -0.4 is 0 Å². The van der Waals surface area contributed by atoms with Crippen molar-refractivity contribution in [3.05, 3.63) is 12.1 Å². The van der Waals surface area contributed by atoms with Crippen LogP contribution in [0.3, 0.4) is 0 Å². The summed E-state index contributed by atoms with van der Waals surface area (Å²) in [5.41, 5.74) is 0. The molecule has 0 aromatic carbocycles. The molecule has 0 aliphatic carbocycles. The van der Waals surface area contributed by atoms with Crippen molar-refractivity contribution in [2.75, 3.05) is 13.6 Å². The van der Waals surface area contributed by atoms with Crippen LogP contribution in [0.1, 0.15) is 19.8 Å². The zero-order valence-electron chi connectivity index (χ0n) is 7.25. The molecule has 0 aromatic rings. The summed E-state index contributed by atoms with van der Waals surface area (Å²) < 4.78 is 0. The van der Waals surface area contributed by atoms with E-state index in [0.717, 1.165) is 19.4 Å². The van der Waals surface area contributed by atoms with Gasteiger partial charge in [0.15, 0.2) is 0 Å². The monoisotopic (exact) mass is 156 g/mol. The molecule has 0 fully saturated rings. The minimum absolute atomic E-state index is 0.174. The summed E-state index contributed by atoms with van der Waals surface area (Å²) in [5.74, 6) is 0.174. The van der Waals surface area contributed by atoms with Gasteiger partial charge in [0.1, 0.15) is 0 Å². The number of nitrogens with zero attached hydrogens (tertiary/aromatic N) is 2. The average Bonchev–Trinajstić information content (AvgIpc) is 2.00. The van der Waals surface area contributed by atoms with Gasteiger partial charge >= 0.3 is 0 Å². The SMILES string of the molecule is C=N/C=C(/O)N(C)CCCC. The van der Waals surface area contributed by atoms with Crippen LogP contribution in [0.5, 0.6) is 0 Å². The van der Waals surface area contributed by atoms with Gasteiger partial charge in [0.05, 0.1) is 6.20 Å². The Labute approximate surface area is 68.1 Å². The van der Waals surface area contributed by atoms with Gasteiger partial charge in [-0.1, -0.05) is 13.3 Å². The van der Waals surface area contributed by atoms with E-state index in [-0.39, 0.29) is 5.88 Å². The van der Waals surface area contributed by atoms with Crippen molar-refractivity contribution in [2.24, 2.45) is 4.99 Å². The molecule has 0 spiro atoms. The molecule has 0 rings (SSSR count). The fourth-order valence-electron chi connectivity index (χ4n) is 0.690. The van der Waals surface area contributed by atoms with E-state index < -0.39 is 0 Å². The number of hydrogen-bond acceptors (Lipinski definition) is 3. The molecule has 64 valence electrons. The highest BCUT2D eigenvalue weighted by Crippen LogP contribution is 1.99. The summed E-state index contributed by atoms with van der Waals surface area (Å²) in [6.07, 6.45) is 3.54. The molecule has 0 aliphatic heterocycles. The van der Waals surface area contributed by atoms with E-state index in [4.69, 9.17) is 0 Å². The van der Waals surface area contributed by atoms with Crippen molar-refractivity contribution in [3.63, 3.8) is 0 Å². The maximum Gasteiger partial charge on any atom is 0.205 e. The minimum Gasteiger partial charge on any atom is -0.494 e. The lowest BCUT2D eigenvalue weighted by Gasteiger charge is -2.15. The normalized spacial score (nSPS) is 11.3. The van der Waals surface area contributed by atoms with Gasteiger partial charge in [0.25, 0.3) is 0 Å². The number of rotatable bonds is 5. The zero-order valence-corrected chi connectivity index (χ0v) is 7.25. The second-order valence-electron chi connectivity index (χ2n) is 2.44. The highest BCUT2D eigenvalue weighted by Gasteiger charge is 1.98. The first-order valence-electron chi connectivity index (χ1n) is 3.78. The molecule has 3 nitrogen and oxygen atoms in total. The number of aliphatic hydroxyl groups is 1. The number of aliphatic hydroxyl groups excluding tert-OH is 1. The topological polar surface area (TPSA) is 35.8 Å².